The van der Waals surface area contributed by atoms with Gasteiger partial charge >= 0.3 is 0 Å². The molecule has 3 N–H and O–H groups in total. The number of nitrogens with zero attached hydrogens (tertiary/aromatic N) is 1. The molecule has 18 heavy (non-hydrogen) atoms. The summed E-state index contributed by atoms with van der Waals surface area (Å²) in [5, 5.41) is 3.41. The fourth-order valence-corrected chi connectivity index (χ4v) is 1.80. The Balaban J connectivity index is 0.000000659. The number of hydrogen-bond donors (Lipinski definition) is 2. The van der Waals surface area contributed by atoms with Crippen molar-refractivity contribution < 1.29 is 0 Å². The van der Waals surface area contributed by atoms with Crippen LogP contribution in [0.2, 0.25) is 0 Å². The molecule has 1 unspecified atom stereocenters. The van der Waals surface area contributed by atoms with Crippen molar-refractivity contribution in [1.82, 2.24) is 4.90 Å². The summed E-state index contributed by atoms with van der Waals surface area (Å²) in [6, 6.07) is 6.64. The van der Waals surface area contributed by atoms with Gasteiger partial charge in [-0.05, 0) is 25.6 Å². The highest BCUT2D eigenvalue weighted by Gasteiger charge is 2.17. The molecule has 0 aromatic heterocycles. The van der Waals surface area contributed by atoms with Crippen molar-refractivity contribution >= 4 is 11.4 Å². The molecule has 0 radical (unpaired) electrons. The molecule has 2 rings (SSSR count). The van der Waals surface area contributed by atoms with Gasteiger partial charge in [0, 0.05) is 19.1 Å². The van der Waals surface area contributed by atoms with Gasteiger partial charge in [0.25, 0.3) is 0 Å². The van der Waals surface area contributed by atoms with E-state index in [2.05, 4.69) is 30.3 Å². The molecule has 1 heterocycles. The van der Waals surface area contributed by atoms with Crippen LogP contribution in [-0.2, 0) is 6.54 Å². The third-order valence-corrected chi connectivity index (χ3v) is 2.93. The Kier molecular flexibility index (Phi) is 8.21. The third kappa shape index (κ3) is 4.22. The largest absolute Gasteiger partial charge is 0.397 e. The number of fused-ring (bicyclic) bond motifs is 1. The maximum absolute atomic E-state index is 5.92. The molecule has 0 saturated carbocycles. The van der Waals surface area contributed by atoms with Crippen molar-refractivity contribution in [3.8, 4) is 0 Å². The average Bonchev–Trinajstić information content (AvgIpc) is 2.55. The fourth-order valence-electron chi connectivity index (χ4n) is 1.80. The number of nitrogen functional groups attached to an aromatic ring is 1. The summed E-state index contributed by atoms with van der Waals surface area (Å²) in [7, 11) is 2.14. The molecule has 3 nitrogen and oxygen atoms in total. The zero-order chi connectivity index (χ0) is 14.1. The third-order valence-electron chi connectivity index (χ3n) is 2.93. The summed E-state index contributed by atoms with van der Waals surface area (Å²) < 4.78 is 0. The topological polar surface area (TPSA) is 41.3 Å². The summed E-state index contributed by atoms with van der Waals surface area (Å²) >= 11 is 0. The Morgan fingerprint density at radius 1 is 1.22 bits per heavy atom. The molecule has 104 valence electrons. The molecule has 0 spiro atoms. The van der Waals surface area contributed by atoms with Crippen LogP contribution in [-0.4, -0.2) is 24.5 Å². The first-order valence-electron chi connectivity index (χ1n) is 7.00. The van der Waals surface area contributed by atoms with Crippen molar-refractivity contribution in [3.63, 3.8) is 0 Å². The van der Waals surface area contributed by atoms with Gasteiger partial charge in [-0.1, -0.05) is 39.8 Å². The van der Waals surface area contributed by atoms with Crippen LogP contribution in [0, 0.1) is 0 Å². The Morgan fingerprint density at radius 3 is 2.44 bits per heavy atom. The predicted molar refractivity (Wildman–Crippen MR) is 83.0 cm³/mol. The monoisotopic (exact) mass is 251 g/mol. The van der Waals surface area contributed by atoms with Gasteiger partial charge in [-0.2, -0.15) is 0 Å². The molecule has 0 bridgehead atoms. The highest BCUT2D eigenvalue weighted by Crippen LogP contribution is 2.27. The Morgan fingerprint density at radius 2 is 1.83 bits per heavy atom. The Labute approximate surface area is 112 Å². The number of nitrogens with two attached hydrogens (primary N) is 1. The summed E-state index contributed by atoms with van der Waals surface area (Å²) in [4.78, 5) is 2.33. The minimum atomic E-state index is 0.543. The quantitative estimate of drug-likeness (QED) is 0.693. The smallest absolute Gasteiger partial charge is 0.0620 e. The van der Waals surface area contributed by atoms with Crippen molar-refractivity contribution in [1.29, 1.82) is 0 Å². The summed E-state index contributed by atoms with van der Waals surface area (Å²) in [6.07, 6.45) is 0. The normalized spacial score (nSPS) is 18.0. The molecule has 0 aliphatic carbocycles. The molecule has 1 aromatic rings. The first-order chi connectivity index (χ1) is 8.68. The second-order valence-corrected chi connectivity index (χ2v) is 4.03. The van der Waals surface area contributed by atoms with Gasteiger partial charge in [0.15, 0.2) is 0 Å². The van der Waals surface area contributed by atoms with E-state index < -0.39 is 0 Å². The number of nitrogens with one attached hydrogen (secondary N) is 1. The SMILES string of the molecule is CC.CC.CC1CNc2c(N)cccc2CN1C. The second kappa shape index (κ2) is 8.81. The lowest BCUT2D eigenvalue weighted by molar-refractivity contribution is 0.264. The van der Waals surface area contributed by atoms with E-state index in [-0.39, 0.29) is 0 Å². The van der Waals surface area contributed by atoms with Crippen LogP contribution in [0.5, 0.6) is 0 Å². The summed E-state index contributed by atoms with van der Waals surface area (Å²) in [5.41, 5.74) is 9.18. The van der Waals surface area contributed by atoms with Crippen molar-refractivity contribution in [2.24, 2.45) is 0 Å². The molecule has 1 aliphatic heterocycles. The lowest BCUT2D eigenvalue weighted by atomic mass is 10.1. The minimum Gasteiger partial charge on any atom is -0.397 e. The number of anilines is 2. The highest BCUT2D eigenvalue weighted by atomic mass is 15.2. The summed E-state index contributed by atoms with van der Waals surface area (Å²) in [5.74, 6) is 0. The Bertz CT molecular complexity index is 337. The van der Waals surface area contributed by atoms with E-state index in [1.807, 2.05) is 39.8 Å². The number of rotatable bonds is 0. The molecule has 0 fully saturated rings. The molecule has 1 aromatic carbocycles. The molecular formula is C15H29N3. The van der Waals surface area contributed by atoms with Crippen LogP contribution in [0.4, 0.5) is 11.4 Å². The van der Waals surface area contributed by atoms with Gasteiger partial charge in [-0.3, -0.25) is 4.90 Å². The van der Waals surface area contributed by atoms with Crippen molar-refractivity contribution in [3.05, 3.63) is 23.8 Å². The van der Waals surface area contributed by atoms with E-state index in [0.29, 0.717) is 6.04 Å². The van der Waals surface area contributed by atoms with Crippen LogP contribution < -0.4 is 11.1 Å². The number of likely N-dealkylation sites (N-methyl/N-ethyl adjacent to an activating group) is 1. The van der Waals surface area contributed by atoms with Gasteiger partial charge in [-0.15, -0.1) is 0 Å². The minimum absolute atomic E-state index is 0.543. The maximum Gasteiger partial charge on any atom is 0.0620 e. The van der Waals surface area contributed by atoms with Crippen LogP contribution in [0.1, 0.15) is 40.2 Å². The molecule has 1 aliphatic rings. The van der Waals surface area contributed by atoms with E-state index in [1.165, 1.54) is 5.56 Å². The second-order valence-electron chi connectivity index (χ2n) is 4.03. The van der Waals surface area contributed by atoms with Crippen molar-refractivity contribution in [2.75, 3.05) is 24.6 Å². The van der Waals surface area contributed by atoms with Gasteiger partial charge in [-0.25, -0.2) is 0 Å². The molecular weight excluding hydrogens is 222 g/mol. The maximum atomic E-state index is 5.92. The van der Waals surface area contributed by atoms with E-state index in [0.717, 1.165) is 24.5 Å². The number of para-hydroxylation sites is 1. The highest BCUT2D eigenvalue weighted by molar-refractivity contribution is 5.70. The lowest BCUT2D eigenvalue weighted by Gasteiger charge is -2.20. The first-order valence-corrected chi connectivity index (χ1v) is 7.00. The number of hydrogen-bond acceptors (Lipinski definition) is 3. The lowest BCUT2D eigenvalue weighted by Crippen LogP contribution is -2.31. The zero-order valence-electron chi connectivity index (χ0n) is 12.7. The average molecular weight is 251 g/mol. The van der Waals surface area contributed by atoms with E-state index >= 15 is 0 Å². The molecule has 3 heteroatoms. The molecule has 1 atom stereocenters. The van der Waals surface area contributed by atoms with E-state index in [4.69, 9.17) is 5.73 Å². The van der Waals surface area contributed by atoms with Gasteiger partial charge in [0.1, 0.15) is 0 Å². The van der Waals surface area contributed by atoms with Gasteiger partial charge < -0.3 is 11.1 Å². The molecule has 0 amide bonds. The summed E-state index contributed by atoms with van der Waals surface area (Å²) in [6.45, 7) is 12.1. The first kappa shape index (κ1) is 16.8. The zero-order valence-corrected chi connectivity index (χ0v) is 12.7. The van der Waals surface area contributed by atoms with Crippen LogP contribution in [0.3, 0.4) is 0 Å². The fraction of sp³-hybridized carbons (Fsp3) is 0.600. The molecule has 0 saturated heterocycles. The van der Waals surface area contributed by atoms with Crippen molar-refractivity contribution in [2.45, 2.75) is 47.2 Å². The number of benzene rings is 1. The van der Waals surface area contributed by atoms with Gasteiger partial charge in [0.2, 0.25) is 0 Å². The standard InChI is InChI=1S/C11H17N3.2C2H6/c1-8-6-13-11-9(7-14(8)2)4-3-5-10(11)12;2*1-2/h3-5,8,13H,6-7,12H2,1-2H3;2*1-2H3. The van der Waals surface area contributed by atoms with Crippen LogP contribution in [0.15, 0.2) is 18.2 Å². The predicted octanol–water partition coefficient (Wildman–Crippen LogP) is 3.57. The van der Waals surface area contributed by atoms with Crippen LogP contribution in [0.25, 0.3) is 0 Å². The Hall–Kier alpha value is -1.22. The van der Waals surface area contributed by atoms with E-state index in [9.17, 15) is 0 Å². The van der Waals surface area contributed by atoms with E-state index in [1.54, 1.807) is 0 Å². The van der Waals surface area contributed by atoms with Gasteiger partial charge in [0.05, 0.1) is 11.4 Å². The van der Waals surface area contributed by atoms with Crippen LogP contribution >= 0.6 is 0 Å².